The molecule has 1 aliphatic rings. The van der Waals surface area contributed by atoms with E-state index >= 15 is 0 Å². The first kappa shape index (κ1) is 16.6. The summed E-state index contributed by atoms with van der Waals surface area (Å²) in [5, 5.41) is 9.79. The molecular formula is C12H21NO7. The molecule has 0 spiro atoms. The van der Waals surface area contributed by atoms with Crippen molar-refractivity contribution in [3.63, 3.8) is 0 Å². The molecule has 1 rings (SSSR count). The smallest absolute Gasteiger partial charge is 0.308 e. The largest absolute Gasteiger partial charge is 0.469 e. The van der Waals surface area contributed by atoms with Gasteiger partial charge in [0, 0.05) is 19.6 Å². The lowest BCUT2D eigenvalue weighted by molar-refractivity contribution is -0.777. The molecular weight excluding hydrogens is 270 g/mol. The number of methoxy groups -OCH3 is 1. The summed E-state index contributed by atoms with van der Waals surface area (Å²) in [4.78, 5) is 27.0. The fourth-order valence-corrected chi connectivity index (χ4v) is 2.56. The van der Waals surface area contributed by atoms with Crippen LogP contribution < -0.4 is 0 Å². The maximum Gasteiger partial charge on any atom is 0.308 e. The van der Waals surface area contributed by atoms with Gasteiger partial charge in [0.15, 0.2) is 11.9 Å². The first-order chi connectivity index (χ1) is 9.49. The first-order valence-electron chi connectivity index (χ1n) is 6.66. The predicted octanol–water partition coefficient (Wildman–Crippen LogP) is 1.31. The number of carbonyl (C=O) groups is 1. The highest BCUT2D eigenvalue weighted by molar-refractivity contribution is 5.72. The van der Waals surface area contributed by atoms with E-state index in [-0.39, 0.29) is 6.42 Å². The van der Waals surface area contributed by atoms with E-state index < -0.39 is 28.9 Å². The zero-order valence-electron chi connectivity index (χ0n) is 12.0. The maximum absolute atomic E-state index is 11.6. The van der Waals surface area contributed by atoms with Gasteiger partial charge in [-0.2, -0.15) is 0 Å². The van der Waals surface area contributed by atoms with Gasteiger partial charge in [-0.3, -0.25) is 4.79 Å². The van der Waals surface area contributed by atoms with Crippen molar-refractivity contribution in [1.29, 1.82) is 0 Å². The lowest BCUT2D eigenvalue weighted by Crippen LogP contribution is -2.54. The van der Waals surface area contributed by atoms with Crippen LogP contribution in [0.1, 0.15) is 33.1 Å². The molecule has 2 unspecified atom stereocenters. The van der Waals surface area contributed by atoms with Crippen LogP contribution in [0.4, 0.5) is 0 Å². The van der Waals surface area contributed by atoms with Gasteiger partial charge in [-0.1, -0.05) is 0 Å². The fraction of sp³-hybridized carbons (Fsp3) is 0.917. The van der Waals surface area contributed by atoms with E-state index in [4.69, 9.17) is 14.3 Å². The van der Waals surface area contributed by atoms with Crippen molar-refractivity contribution in [2.45, 2.75) is 45.0 Å². The van der Waals surface area contributed by atoms with Crippen molar-refractivity contribution in [3.8, 4) is 0 Å². The van der Waals surface area contributed by atoms with E-state index in [1.165, 1.54) is 7.11 Å². The molecule has 116 valence electrons. The second-order valence-corrected chi connectivity index (χ2v) is 4.49. The lowest BCUT2D eigenvalue weighted by atomic mass is 9.82. The highest BCUT2D eigenvalue weighted by atomic mass is 17.0. The van der Waals surface area contributed by atoms with E-state index in [1.54, 1.807) is 13.8 Å². The lowest BCUT2D eigenvalue weighted by Gasteiger charge is -2.43. The van der Waals surface area contributed by atoms with Gasteiger partial charge in [-0.05, 0) is 26.7 Å². The molecule has 1 aliphatic carbocycles. The van der Waals surface area contributed by atoms with Crippen LogP contribution in [0, 0.1) is 16.0 Å². The van der Waals surface area contributed by atoms with Crippen molar-refractivity contribution >= 4 is 5.97 Å². The molecule has 0 saturated heterocycles. The molecule has 8 nitrogen and oxygen atoms in total. The summed E-state index contributed by atoms with van der Waals surface area (Å²) >= 11 is 0. The molecule has 0 amide bonds. The van der Waals surface area contributed by atoms with Gasteiger partial charge in [-0.15, -0.1) is 10.1 Å². The Hall–Kier alpha value is -1.41. The van der Waals surface area contributed by atoms with Crippen molar-refractivity contribution in [2.24, 2.45) is 5.92 Å². The molecule has 0 aliphatic heterocycles. The molecule has 20 heavy (non-hydrogen) atoms. The van der Waals surface area contributed by atoms with Crippen LogP contribution in [0.25, 0.3) is 0 Å². The summed E-state index contributed by atoms with van der Waals surface area (Å²) in [6.45, 7) is 4.22. The molecule has 2 atom stereocenters. The van der Waals surface area contributed by atoms with Gasteiger partial charge < -0.3 is 19.0 Å². The quantitative estimate of drug-likeness (QED) is 0.302. The van der Waals surface area contributed by atoms with Crippen LogP contribution in [0.3, 0.4) is 0 Å². The summed E-state index contributed by atoms with van der Waals surface area (Å²) in [6, 6.07) is 0. The van der Waals surface area contributed by atoms with Crippen LogP contribution in [-0.2, 0) is 23.8 Å². The van der Waals surface area contributed by atoms with Gasteiger partial charge in [0.1, 0.15) is 0 Å². The van der Waals surface area contributed by atoms with E-state index in [0.717, 1.165) is 0 Å². The Balaban J connectivity index is 2.92. The summed E-state index contributed by atoms with van der Waals surface area (Å²) in [6.07, 6.45) is 0.000418. The average Bonchev–Trinajstić information content (AvgIpc) is 2.40. The SMILES string of the molecule is CCOC1(OCC)CCC(C(=O)OC)CC1O[N+](=O)[O-]. The molecule has 0 heterocycles. The van der Waals surface area contributed by atoms with Gasteiger partial charge in [0.05, 0.1) is 13.0 Å². The summed E-state index contributed by atoms with van der Waals surface area (Å²) in [5.74, 6) is -2.02. The third-order valence-electron chi connectivity index (χ3n) is 3.36. The Bertz CT molecular complexity index is 341. The molecule has 1 saturated carbocycles. The van der Waals surface area contributed by atoms with E-state index in [9.17, 15) is 14.9 Å². The zero-order chi connectivity index (χ0) is 15.2. The molecule has 1 fully saturated rings. The molecule has 8 heteroatoms. The van der Waals surface area contributed by atoms with E-state index in [1.807, 2.05) is 0 Å². The van der Waals surface area contributed by atoms with Crippen molar-refractivity contribution in [2.75, 3.05) is 20.3 Å². The monoisotopic (exact) mass is 291 g/mol. The molecule has 0 bridgehead atoms. The average molecular weight is 291 g/mol. The second-order valence-electron chi connectivity index (χ2n) is 4.49. The van der Waals surface area contributed by atoms with Crippen LogP contribution in [-0.4, -0.2) is 43.3 Å². The van der Waals surface area contributed by atoms with E-state index in [0.29, 0.717) is 26.1 Å². The van der Waals surface area contributed by atoms with Gasteiger partial charge in [0.2, 0.25) is 0 Å². The standard InChI is InChI=1S/C12H21NO7/c1-4-18-12(19-5-2)7-6-9(11(14)17-3)8-10(12)20-13(15)16/h9-10H,4-8H2,1-3H3. The Kier molecular flexibility index (Phi) is 6.15. The van der Waals surface area contributed by atoms with Gasteiger partial charge >= 0.3 is 5.97 Å². The second kappa shape index (κ2) is 7.39. The number of carbonyl (C=O) groups excluding carboxylic acids is 1. The minimum atomic E-state index is -1.18. The van der Waals surface area contributed by atoms with E-state index in [2.05, 4.69) is 4.74 Å². The highest BCUT2D eigenvalue weighted by Gasteiger charge is 2.49. The Morgan fingerprint density at radius 3 is 2.40 bits per heavy atom. The number of nitrogens with zero attached hydrogens (tertiary/aromatic N) is 1. The summed E-state index contributed by atoms with van der Waals surface area (Å²) in [7, 11) is 1.29. The summed E-state index contributed by atoms with van der Waals surface area (Å²) < 4.78 is 15.8. The number of ether oxygens (including phenoxy) is 3. The Morgan fingerprint density at radius 1 is 1.35 bits per heavy atom. The van der Waals surface area contributed by atoms with Crippen molar-refractivity contribution < 1.29 is 28.9 Å². The fourth-order valence-electron chi connectivity index (χ4n) is 2.56. The number of hydrogen-bond acceptors (Lipinski definition) is 7. The number of rotatable bonds is 7. The Labute approximate surface area is 117 Å². The Morgan fingerprint density at radius 2 is 1.95 bits per heavy atom. The maximum atomic E-state index is 11.6. The van der Waals surface area contributed by atoms with Gasteiger partial charge in [-0.25, -0.2) is 0 Å². The van der Waals surface area contributed by atoms with Crippen LogP contribution >= 0.6 is 0 Å². The molecule has 0 aromatic carbocycles. The number of hydrogen-bond donors (Lipinski definition) is 0. The van der Waals surface area contributed by atoms with Gasteiger partial charge in [0.25, 0.3) is 5.09 Å². The van der Waals surface area contributed by atoms with Crippen molar-refractivity contribution in [3.05, 3.63) is 10.1 Å². The molecule has 0 aromatic heterocycles. The third kappa shape index (κ3) is 3.80. The minimum Gasteiger partial charge on any atom is -0.469 e. The number of esters is 1. The van der Waals surface area contributed by atoms with Crippen LogP contribution in [0.2, 0.25) is 0 Å². The van der Waals surface area contributed by atoms with Crippen LogP contribution in [0.5, 0.6) is 0 Å². The third-order valence-corrected chi connectivity index (χ3v) is 3.36. The normalized spacial score (nSPS) is 24.9. The van der Waals surface area contributed by atoms with Crippen molar-refractivity contribution in [1.82, 2.24) is 0 Å². The molecule has 0 radical (unpaired) electrons. The topological polar surface area (TPSA) is 97.1 Å². The predicted molar refractivity (Wildman–Crippen MR) is 67.2 cm³/mol. The summed E-state index contributed by atoms with van der Waals surface area (Å²) in [5.41, 5.74) is 0. The minimum absolute atomic E-state index is 0.133. The molecule has 0 N–H and O–H groups in total. The highest BCUT2D eigenvalue weighted by Crippen LogP contribution is 2.38. The zero-order valence-corrected chi connectivity index (χ0v) is 12.0. The first-order valence-corrected chi connectivity index (χ1v) is 6.66. The molecule has 0 aromatic rings. The van der Waals surface area contributed by atoms with Crippen LogP contribution in [0.15, 0.2) is 0 Å².